The maximum absolute atomic E-state index is 6.39. The molecule has 0 aliphatic heterocycles. The van der Waals surface area contributed by atoms with Crippen molar-refractivity contribution in [3.05, 3.63) is 67.0 Å². The van der Waals surface area contributed by atoms with Crippen LogP contribution in [0.2, 0.25) is 0 Å². The van der Waals surface area contributed by atoms with Crippen molar-refractivity contribution in [1.29, 1.82) is 0 Å². The highest BCUT2D eigenvalue weighted by Crippen LogP contribution is 2.30. The van der Waals surface area contributed by atoms with Crippen molar-refractivity contribution < 1.29 is 4.74 Å². The third kappa shape index (κ3) is 8.84. The molecule has 0 N–H and O–H groups in total. The van der Waals surface area contributed by atoms with E-state index in [1.807, 2.05) is 54.6 Å². The number of nitrogens with zero attached hydrogens (tertiary/aromatic N) is 4. The fraction of sp³-hybridized carbons (Fsp3) is 0.471. The second-order valence-corrected chi connectivity index (χ2v) is 10.6. The maximum atomic E-state index is 6.39. The molecule has 4 aromatic rings. The molecule has 0 bridgehead atoms. The summed E-state index contributed by atoms with van der Waals surface area (Å²) in [5.41, 5.74) is 4.67. The molecule has 1 aromatic carbocycles. The zero-order valence-corrected chi connectivity index (χ0v) is 23.8. The Hall–Kier alpha value is -3.34. The Morgan fingerprint density at radius 3 is 1.77 bits per heavy atom. The minimum atomic E-state index is 0.602. The van der Waals surface area contributed by atoms with E-state index in [1.165, 1.54) is 77.0 Å². The van der Waals surface area contributed by atoms with Crippen LogP contribution in [0.3, 0.4) is 0 Å². The van der Waals surface area contributed by atoms with Crippen molar-refractivity contribution in [3.8, 4) is 28.5 Å². The van der Waals surface area contributed by atoms with Crippen molar-refractivity contribution in [2.75, 3.05) is 6.61 Å². The fourth-order valence-electron chi connectivity index (χ4n) is 5.08. The van der Waals surface area contributed by atoms with Gasteiger partial charge < -0.3 is 4.74 Å². The molecular formula is C34H44N4O. The summed E-state index contributed by atoms with van der Waals surface area (Å²) in [5.74, 6) is 1.46. The Morgan fingerprint density at radius 2 is 1.18 bits per heavy atom. The van der Waals surface area contributed by atoms with Crippen LogP contribution in [0.1, 0.15) is 90.9 Å². The van der Waals surface area contributed by atoms with Crippen molar-refractivity contribution in [2.24, 2.45) is 5.92 Å². The highest BCUT2D eigenvalue weighted by atomic mass is 16.5. The lowest BCUT2D eigenvalue weighted by Crippen LogP contribution is -2.12. The molecule has 0 spiro atoms. The van der Waals surface area contributed by atoms with Crippen LogP contribution in [0.15, 0.2) is 67.0 Å². The number of aromatic nitrogens is 4. The lowest BCUT2D eigenvalue weighted by atomic mass is 9.95. The molecular weight excluding hydrogens is 480 g/mol. The third-order valence-electron chi connectivity index (χ3n) is 7.37. The van der Waals surface area contributed by atoms with E-state index in [4.69, 9.17) is 14.7 Å². The van der Waals surface area contributed by atoms with E-state index in [0.717, 1.165) is 46.2 Å². The van der Waals surface area contributed by atoms with Crippen LogP contribution in [0.4, 0.5) is 0 Å². The lowest BCUT2D eigenvalue weighted by Gasteiger charge is -2.18. The van der Waals surface area contributed by atoms with Crippen LogP contribution < -0.4 is 4.74 Å². The summed E-state index contributed by atoms with van der Waals surface area (Å²) in [6.45, 7) is 5.32. The van der Waals surface area contributed by atoms with Gasteiger partial charge in [0, 0.05) is 18.5 Å². The van der Waals surface area contributed by atoms with Crippen molar-refractivity contribution in [1.82, 2.24) is 19.9 Å². The molecule has 39 heavy (non-hydrogen) atoms. The molecule has 0 amide bonds. The van der Waals surface area contributed by atoms with Gasteiger partial charge in [0.25, 0.3) is 0 Å². The highest BCUT2D eigenvalue weighted by molar-refractivity contribution is 5.85. The van der Waals surface area contributed by atoms with Gasteiger partial charge in [-0.2, -0.15) is 0 Å². The topological polar surface area (TPSA) is 60.8 Å². The Kier molecular flexibility index (Phi) is 11.7. The molecule has 4 rings (SSSR count). The lowest BCUT2D eigenvalue weighted by molar-refractivity contribution is 0.224. The Labute approximate surface area is 234 Å². The second-order valence-electron chi connectivity index (χ2n) is 10.6. The van der Waals surface area contributed by atoms with E-state index in [-0.39, 0.29) is 0 Å². The summed E-state index contributed by atoms with van der Waals surface area (Å²) in [6, 6.07) is 17.8. The summed E-state index contributed by atoms with van der Waals surface area (Å²) in [7, 11) is 0. The van der Waals surface area contributed by atoms with E-state index in [2.05, 4.69) is 23.8 Å². The van der Waals surface area contributed by atoms with Gasteiger partial charge in [0.2, 0.25) is 0 Å². The first-order valence-electron chi connectivity index (χ1n) is 15.1. The summed E-state index contributed by atoms with van der Waals surface area (Å²) >= 11 is 0. The number of hydrogen-bond acceptors (Lipinski definition) is 5. The van der Waals surface area contributed by atoms with Crippen LogP contribution in [0, 0.1) is 5.92 Å². The van der Waals surface area contributed by atoms with Crippen LogP contribution in [0.25, 0.3) is 33.8 Å². The molecule has 0 aliphatic rings. The smallest absolute Gasteiger partial charge is 0.121 e. The Morgan fingerprint density at radius 1 is 0.615 bits per heavy atom. The molecule has 1 unspecified atom stereocenters. The normalized spacial score (nSPS) is 12.1. The highest BCUT2D eigenvalue weighted by Gasteiger charge is 2.16. The van der Waals surface area contributed by atoms with Gasteiger partial charge in [0.15, 0.2) is 0 Å². The van der Waals surface area contributed by atoms with Crippen LogP contribution in [-0.4, -0.2) is 26.5 Å². The molecule has 0 radical (unpaired) electrons. The predicted molar refractivity (Wildman–Crippen MR) is 162 cm³/mol. The van der Waals surface area contributed by atoms with Gasteiger partial charge in [-0.25, -0.2) is 9.97 Å². The molecule has 0 saturated heterocycles. The average Bonchev–Trinajstić information content (AvgIpc) is 2.99. The van der Waals surface area contributed by atoms with Crippen molar-refractivity contribution in [2.45, 2.75) is 90.9 Å². The number of benzene rings is 1. The van der Waals surface area contributed by atoms with Gasteiger partial charge >= 0.3 is 0 Å². The Balaban J connectivity index is 1.49. The van der Waals surface area contributed by atoms with Crippen LogP contribution in [-0.2, 0) is 0 Å². The van der Waals surface area contributed by atoms with E-state index >= 15 is 0 Å². The quantitative estimate of drug-likeness (QED) is 0.129. The number of fused-ring (bicyclic) bond motifs is 1. The van der Waals surface area contributed by atoms with E-state index in [9.17, 15) is 0 Å². The zero-order valence-electron chi connectivity index (χ0n) is 23.8. The minimum absolute atomic E-state index is 0.602. The zero-order chi connectivity index (χ0) is 27.1. The van der Waals surface area contributed by atoms with Gasteiger partial charge in [0.1, 0.15) is 17.1 Å². The van der Waals surface area contributed by atoms with Gasteiger partial charge in [0.05, 0.1) is 29.0 Å². The van der Waals surface area contributed by atoms with Gasteiger partial charge in [-0.05, 0) is 55.2 Å². The summed E-state index contributed by atoms with van der Waals surface area (Å²) in [5, 5.41) is 0. The van der Waals surface area contributed by atoms with Gasteiger partial charge in [-0.1, -0.05) is 90.2 Å². The summed E-state index contributed by atoms with van der Waals surface area (Å²) < 4.78 is 6.39. The fourth-order valence-corrected chi connectivity index (χ4v) is 5.08. The number of hydrogen-bond donors (Lipinski definition) is 0. The Bertz CT molecular complexity index is 1250. The first-order valence-corrected chi connectivity index (χ1v) is 15.1. The molecule has 0 aliphatic carbocycles. The predicted octanol–water partition coefficient (Wildman–Crippen LogP) is 9.47. The molecule has 0 fully saturated rings. The number of unbranched alkanes of at least 4 members (excludes halogenated alkanes) is 8. The van der Waals surface area contributed by atoms with Crippen LogP contribution in [0.5, 0.6) is 5.75 Å². The molecule has 3 aromatic heterocycles. The first-order chi connectivity index (χ1) is 19.3. The maximum Gasteiger partial charge on any atom is 0.121 e. The summed E-state index contributed by atoms with van der Waals surface area (Å²) in [4.78, 5) is 19.1. The monoisotopic (exact) mass is 524 g/mol. The number of pyridine rings is 2. The number of rotatable bonds is 17. The van der Waals surface area contributed by atoms with E-state index < -0.39 is 0 Å². The van der Waals surface area contributed by atoms with Crippen molar-refractivity contribution in [3.63, 3.8) is 0 Å². The molecule has 0 saturated carbocycles. The van der Waals surface area contributed by atoms with Crippen LogP contribution >= 0.6 is 0 Å². The first kappa shape index (κ1) is 28.7. The number of ether oxygens (including phenoxy) is 1. The molecule has 1 atom stereocenters. The molecule has 5 heteroatoms. The summed E-state index contributed by atoms with van der Waals surface area (Å²) in [6.07, 6.45) is 19.3. The van der Waals surface area contributed by atoms with Crippen molar-refractivity contribution >= 4 is 11.0 Å². The second kappa shape index (κ2) is 15.9. The largest absolute Gasteiger partial charge is 0.493 e. The SMILES string of the molecule is CCCCCCCCC(CCCCCC)COc1ccc2nc(-c3ccccn3)c(-c3ccccn3)nc2c1. The molecule has 206 valence electrons. The van der Waals surface area contributed by atoms with Gasteiger partial charge in [-0.15, -0.1) is 0 Å². The van der Waals surface area contributed by atoms with E-state index in [1.54, 1.807) is 12.4 Å². The van der Waals surface area contributed by atoms with Gasteiger partial charge in [-0.3, -0.25) is 9.97 Å². The molecule has 3 heterocycles. The average molecular weight is 525 g/mol. The third-order valence-corrected chi connectivity index (χ3v) is 7.37. The minimum Gasteiger partial charge on any atom is -0.493 e. The standard InChI is InChI=1S/C34H44N4O/c1-3-5-7-9-10-12-18-27(17-11-8-6-4-2)26-39-28-21-22-29-32(25-28)38-34(31-20-14-16-24-36-31)33(37-29)30-19-13-15-23-35-30/h13-16,19-25,27H,3-12,17-18,26H2,1-2H3. The van der Waals surface area contributed by atoms with E-state index in [0.29, 0.717) is 5.92 Å². The molecule has 5 nitrogen and oxygen atoms in total.